The van der Waals surface area contributed by atoms with E-state index in [1.807, 2.05) is 48.5 Å². The minimum atomic E-state index is -0.557. The number of nitriles is 1. The van der Waals surface area contributed by atoms with Crippen LogP contribution < -0.4 is 0 Å². The molecule has 0 radical (unpaired) electrons. The Labute approximate surface area is 153 Å². The first kappa shape index (κ1) is 17.9. The predicted octanol–water partition coefficient (Wildman–Crippen LogP) is 3.06. The Morgan fingerprint density at radius 2 is 1.64 bits per heavy atom. The molecule has 1 fully saturated rings. The molecule has 25 heavy (non-hydrogen) atoms. The van der Waals surface area contributed by atoms with E-state index in [0.29, 0.717) is 17.1 Å². The molecule has 1 atom stereocenters. The van der Waals surface area contributed by atoms with Crippen LogP contribution in [0, 0.1) is 11.3 Å². The van der Waals surface area contributed by atoms with Crippen molar-refractivity contribution < 1.29 is 5.11 Å². The van der Waals surface area contributed by atoms with E-state index in [-0.39, 0.29) is 0 Å². The zero-order valence-corrected chi connectivity index (χ0v) is 14.9. The standard InChI is InChI=1S/C20H22ClN3O/c21-19-4-2-1-3-18(19)20(25)15-24-11-9-23(10-12-24)14-17-7-5-16(13-22)6-8-17/h1-8,20,25H,9-12,14-15H2/t20-/m1/s1. The number of aliphatic hydroxyl groups is 1. The molecule has 4 nitrogen and oxygen atoms in total. The maximum atomic E-state index is 10.4. The van der Waals surface area contributed by atoms with Gasteiger partial charge in [-0.2, -0.15) is 5.26 Å². The second-order valence-corrected chi connectivity index (χ2v) is 6.83. The summed E-state index contributed by atoms with van der Waals surface area (Å²) in [5.74, 6) is 0. The average molecular weight is 356 g/mol. The largest absolute Gasteiger partial charge is 0.387 e. The van der Waals surface area contributed by atoms with Crippen molar-refractivity contribution in [1.82, 2.24) is 9.80 Å². The SMILES string of the molecule is N#Cc1ccc(CN2CCN(C[C@@H](O)c3ccccc3Cl)CC2)cc1. The number of piperazine rings is 1. The summed E-state index contributed by atoms with van der Waals surface area (Å²) >= 11 is 6.16. The Bertz CT molecular complexity index is 733. The van der Waals surface area contributed by atoms with Gasteiger partial charge in [-0.25, -0.2) is 0 Å². The van der Waals surface area contributed by atoms with Crippen molar-refractivity contribution in [2.75, 3.05) is 32.7 Å². The van der Waals surface area contributed by atoms with E-state index in [1.54, 1.807) is 0 Å². The van der Waals surface area contributed by atoms with E-state index in [0.717, 1.165) is 38.3 Å². The van der Waals surface area contributed by atoms with Crippen LogP contribution in [0.25, 0.3) is 0 Å². The maximum Gasteiger partial charge on any atom is 0.0991 e. The Hall–Kier alpha value is -1.90. The van der Waals surface area contributed by atoms with Gasteiger partial charge < -0.3 is 5.11 Å². The minimum absolute atomic E-state index is 0.557. The molecule has 1 aliphatic rings. The highest BCUT2D eigenvalue weighted by molar-refractivity contribution is 6.31. The second kappa shape index (κ2) is 8.46. The Balaban J connectivity index is 1.48. The van der Waals surface area contributed by atoms with E-state index in [9.17, 15) is 5.11 Å². The molecule has 0 amide bonds. The lowest BCUT2D eigenvalue weighted by molar-refractivity contribution is 0.0701. The van der Waals surface area contributed by atoms with Crippen LogP contribution in [0.3, 0.4) is 0 Å². The van der Waals surface area contributed by atoms with Crippen LogP contribution in [0.5, 0.6) is 0 Å². The van der Waals surface area contributed by atoms with Crippen molar-refractivity contribution in [3.8, 4) is 6.07 Å². The summed E-state index contributed by atoms with van der Waals surface area (Å²) in [6.07, 6.45) is -0.557. The monoisotopic (exact) mass is 355 g/mol. The van der Waals surface area contributed by atoms with Crippen LogP contribution in [-0.2, 0) is 6.54 Å². The summed E-state index contributed by atoms with van der Waals surface area (Å²) in [5.41, 5.74) is 2.72. The van der Waals surface area contributed by atoms with Gasteiger partial charge >= 0.3 is 0 Å². The molecule has 5 heteroatoms. The quantitative estimate of drug-likeness (QED) is 0.895. The number of rotatable bonds is 5. The molecule has 0 bridgehead atoms. The molecule has 0 saturated carbocycles. The fourth-order valence-corrected chi connectivity index (χ4v) is 3.42. The topological polar surface area (TPSA) is 50.5 Å². The zero-order chi connectivity index (χ0) is 17.6. The first-order valence-corrected chi connectivity index (χ1v) is 8.90. The van der Waals surface area contributed by atoms with Gasteiger partial charge in [0.05, 0.1) is 17.7 Å². The van der Waals surface area contributed by atoms with Gasteiger partial charge in [-0.1, -0.05) is 41.9 Å². The molecule has 1 saturated heterocycles. The van der Waals surface area contributed by atoms with E-state index in [2.05, 4.69) is 15.9 Å². The number of aliphatic hydroxyl groups excluding tert-OH is 1. The summed E-state index contributed by atoms with van der Waals surface area (Å²) in [4.78, 5) is 4.68. The molecule has 0 aliphatic carbocycles. The van der Waals surface area contributed by atoms with Crippen molar-refractivity contribution in [2.24, 2.45) is 0 Å². The van der Waals surface area contributed by atoms with Crippen molar-refractivity contribution in [3.05, 3.63) is 70.2 Å². The van der Waals surface area contributed by atoms with E-state index in [1.165, 1.54) is 5.56 Å². The van der Waals surface area contributed by atoms with Gasteiger partial charge in [0.15, 0.2) is 0 Å². The lowest BCUT2D eigenvalue weighted by atomic mass is 10.1. The Morgan fingerprint density at radius 3 is 2.28 bits per heavy atom. The van der Waals surface area contributed by atoms with Gasteiger partial charge in [-0.3, -0.25) is 9.80 Å². The highest BCUT2D eigenvalue weighted by Crippen LogP contribution is 2.23. The molecule has 1 N–H and O–H groups in total. The number of hydrogen-bond donors (Lipinski definition) is 1. The maximum absolute atomic E-state index is 10.4. The smallest absolute Gasteiger partial charge is 0.0991 e. The number of benzene rings is 2. The van der Waals surface area contributed by atoms with Crippen LogP contribution in [0.15, 0.2) is 48.5 Å². The summed E-state index contributed by atoms with van der Waals surface area (Å²) in [5, 5.41) is 19.9. The molecule has 3 rings (SSSR count). The molecule has 2 aromatic rings. The normalized spacial score (nSPS) is 17.2. The summed E-state index contributed by atoms with van der Waals surface area (Å²) < 4.78 is 0. The van der Waals surface area contributed by atoms with E-state index >= 15 is 0 Å². The van der Waals surface area contributed by atoms with Crippen LogP contribution in [0.2, 0.25) is 5.02 Å². The van der Waals surface area contributed by atoms with Crippen molar-refractivity contribution in [3.63, 3.8) is 0 Å². The van der Waals surface area contributed by atoms with Crippen LogP contribution >= 0.6 is 11.6 Å². The van der Waals surface area contributed by atoms with Gasteiger partial charge in [0.1, 0.15) is 0 Å². The molecule has 0 spiro atoms. The highest BCUT2D eigenvalue weighted by atomic mass is 35.5. The Kier molecular flexibility index (Phi) is 6.06. The number of nitrogens with zero attached hydrogens (tertiary/aromatic N) is 3. The average Bonchev–Trinajstić information content (AvgIpc) is 2.64. The van der Waals surface area contributed by atoms with E-state index in [4.69, 9.17) is 16.9 Å². The van der Waals surface area contributed by atoms with Gasteiger partial charge in [-0.15, -0.1) is 0 Å². The lowest BCUT2D eigenvalue weighted by Gasteiger charge is -2.35. The van der Waals surface area contributed by atoms with E-state index < -0.39 is 6.10 Å². The molecule has 130 valence electrons. The third-order valence-corrected chi connectivity index (χ3v) is 4.99. The first-order chi connectivity index (χ1) is 12.2. The Morgan fingerprint density at radius 1 is 1.00 bits per heavy atom. The summed E-state index contributed by atoms with van der Waals surface area (Å²) in [6.45, 7) is 5.29. The minimum Gasteiger partial charge on any atom is -0.387 e. The van der Waals surface area contributed by atoms with Crippen molar-refractivity contribution in [1.29, 1.82) is 5.26 Å². The first-order valence-electron chi connectivity index (χ1n) is 8.52. The fraction of sp³-hybridized carbons (Fsp3) is 0.350. The fourth-order valence-electron chi connectivity index (χ4n) is 3.16. The lowest BCUT2D eigenvalue weighted by Crippen LogP contribution is -2.47. The van der Waals surface area contributed by atoms with Crippen LogP contribution in [-0.4, -0.2) is 47.6 Å². The van der Waals surface area contributed by atoms with Gasteiger partial charge in [0.25, 0.3) is 0 Å². The molecular formula is C20H22ClN3O. The number of hydrogen-bond acceptors (Lipinski definition) is 4. The molecular weight excluding hydrogens is 334 g/mol. The van der Waals surface area contributed by atoms with Gasteiger partial charge in [0.2, 0.25) is 0 Å². The molecule has 1 aliphatic heterocycles. The van der Waals surface area contributed by atoms with Gasteiger partial charge in [-0.05, 0) is 23.8 Å². The molecule has 2 aromatic carbocycles. The third-order valence-electron chi connectivity index (χ3n) is 4.65. The molecule has 0 unspecified atom stereocenters. The van der Waals surface area contributed by atoms with Crippen LogP contribution in [0.1, 0.15) is 22.8 Å². The van der Waals surface area contributed by atoms with Gasteiger partial charge in [0, 0.05) is 49.9 Å². The third kappa shape index (κ3) is 4.81. The van der Waals surface area contributed by atoms with Crippen molar-refractivity contribution in [2.45, 2.75) is 12.6 Å². The predicted molar refractivity (Wildman–Crippen MR) is 99.3 cm³/mol. The van der Waals surface area contributed by atoms with Crippen molar-refractivity contribution >= 4 is 11.6 Å². The molecule has 1 heterocycles. The summed E-state index contributed by atoms with van der Waals surface area (Å²) in [7, 11) is 0. The highest BCUT2D eigenvalue weighted by Gasteiger charge is 2.21. The number of β-amino-alcohol motifs (C(OH)–C–C–N with tert-alkyl or cyclic N) is 1. The zero-order valence-electron chi connectivity index (χ0n) is 14.1. The van der Waals surface area contributed by atoms with Crippen LogP contribution in [0.4, 0.5) is 0 Å². The molecule has 0 aromatic heterocycles. The second-order valence-electron chi connectivity index (χ2n) is 6.42. The number of halogens is 1. The summed E-state index contributed by atoms with van der Waals surface area (Å²) in [6, 6.07) is 17.4.